The number of hydrogen-bond donors (Lipinski definition) is 0. The predicted octanol–water partition coefficient (Wildman–Crippen LogP) is 3.21. The molecular weight excluding hydrogens is 314 g/mol. The Morgan fingerprint density at radius 2 is 1.88 bits per heavy atom. The standard InChI is InChI=1S/C20H23N3O2/c1-2-22-15-18(17-7-3-4-8-19(17)22)20(24)23-11-9-21(10-12-23)14-16-6-5-13-25-16/h3-8,13,15H,2,9-12,14H2,1H3. The zero-order chi connectivity index (χ0) is 17.2. The van der Waals surface area contributed by atoms with E-state index in [9.17, 15) is 4.79 Å². The van der Waals surface area contributed by atoms with E-state index in [4.69, 9.17) is 4.42 Å². The third-order valence-electron chi connectivity index (χ3n) is 4.98. The van der Waals surface area contributed by atoms with Crippen LogP contribution in [0.2, 0.25) is 0 Å². The van der Waals surface area contributed by atoms with E-state index in [2.05, 4.69) is 22.5 Å². The first-order valence-electron chi connectivity index (χ1n) is 8.88. The Labute approximate surface area is 147 Å². The van der Waals surface area contributed by atoms with Crippen LogP contribution in [0.25, 0.3) is 10.9 Å². The second kappa shape index (κ2) is 6.76. The van der Waals surface area contributed by atoms with Crippen molar-refractivity contribution < 1.29 is 9.21 Å². The van der Waals surface area contributed by atoms with E-state index in [0.29, 0.717) is 0 Å². The lowest BCUT2D eigenvalue weighted by Crippen LogP contribution is -2.48. The molecule has 0 radical (unpaired) electrons. The van der Waals surface area contributed by atoms with Crippen molar-refractivity contribution >= 4 is 16.8 Å². The molecule has 1 aliphatic heterocycles. The summed E-state index contributed by atoms with van der Waals surface area (Å²) in [5.41, 5.74) is 1.95. The Balaban J connectivity index is 1.47. The summed E-state index contributed by atoms with van der Waals surface area (Å²) in [4.78, 5) is 17.3. The molecule has 0 atom stereocenters. The molecule has 3 heterocycles. The molecule has 1 aliphatic rings. The number of hydrogen-bond acceptors (Lipinski definition) is 3. The minimum atomic E-state index is 0.140. The molecule has 130 valence electrons. The van der Waals surface area contributed by atoms with Crippen molar-refractivity contribution in [2.45, 2.75) is 20.0 Å². The van der Waals surface area contributed by atoms with Gasteiger partial charge in [0.25, 0.3) is 5.91 Å². The highest BCUT2D eigenvalue weighted by atomic mass is 16.3. The van der Waals surface area contributed by atoms with Gasteiger partial charge in [-0.05, 0) is 25.1 Å². The number of aromatic nitrogens is 1. The molecule has 1 amide bonds. The van der Waals surface area contributed by atoms with Crippen molar-refractivity contribution in [3.8, 4) is 0 Å². The van der Waals surface area contributed by atoms with Crippen molar-refractivity contribution in [3.05, 3.63) is 60.2 Å². The van der Waals surface area contributed by atoms with Gasteiger partial charge in [-0.25, -0.2) is 0 Å². The van der Waals surface area contributed by atoms with Gasteiger partial charge in [-0.1, -0.05) is 18.2 Å². The maximum absolute atomic E-state index is 13.0. The number of piperazine rings is 1. The highest BCUT2D eigenvalue weighted by molar-refractivity contribution is 6.07. The number of rotatable bonds is 4. The first kappa shape index (κ1) is 16.0. The van der Waals surface area contributed by atoms with Crippen molar-refractivity contribution in [1.29, 1.82) is 0 Å². The number of carbonyl (C=O) groups is 1. The van der Waals surface area contributed by atoms with Crippen LogP contribution in [0.5, 0.6) is 0 Å². The zero-order valence-corrected chi connectivity index (χ0v) is 14.5. The summed E-state index contributed by atoms with van der Waals surface area (Å²) in [6.07, 6.45) is 3.71. The van der Waals surface area contributed by atoms with Crippen molar-refractivity contribution in [2.24, 2.45) is 0 Å². The molecule has 2 aromatic heterocycles. The van der Waals surface area contributed by atoms with E-state index in [1.54, 1.807) is 6.26 Å². The Bertz CT molecular complexity index is 858. The second-order valence-electron chi connectivity index (χ2n) is 6.49. The molecule has 0 aliphatic carbocycles. The van der Waals surface area contributed by atoms with Crippen LogP contribution in [-0.2, 0) is 13.1 Å². The zero-order valence-electron chi connectivity index (χ0n) is 14.5. The number of benzene rings is 1. The summed E-state index contributed by atoms with van der Waals surface area (Å²) >= 11 is 0. The van der Waals surface area contributed by atoms with Crippen LogP contribution in [0.3, 0.4) is 0 Å². The van der Waals surface area contributed by atoms with E-state index < -0.39 is 0 Å². The van der Waals surface area contributed by atoms with Gasteiger partial charge in [0.05, 0.1) is 18.4 Å². The molecule has 0 N–H and O–H groups in total. The number of furan rings is 1. The first-order valence-corrected chi connectivity index (χ1v) is 8.88. The Kier molecular flexibility index (Phi) is 4.32. The second-order valence-corrected chi connectivity index (χ2v) is 6.49. The lowest BCUT2D eigenvalue weighted by molar-refractivity contribution is 0.0622. The molecule has 0 unspecified atom stereocenters. The van der Waals surface area contributed by atoms with Gasteiger partial charge in [-0.2, -0.15) is 0 Å². The maximum atomic E-state index is 13.0. The largest absolute Gasteiger partial charge is 0.468 e. The van der Waals surface area contributed by atoms with E-state index in [1.165, 1.54) is 0 Å². The monoisotopic (exact) mass is 337 g/mol. The molecule has 0 spiro atoms. The Morgan fingerprint density at radius 1 is 1.08 bits per heavy atom. The summed E-state index contributed by atoms with van der Waals surface area (Å²) in [5, 5.41) is 1.05. The van der Waals surface area contributed by atoms with Crippen molar-refractivity contribution in [3.63, 3.8) is 0 Å². The molecule has 5 heteroatoms. The number of amides is 1. The van der Waals surface area contributed by atoms with Crippen molar-refractivity contribution in [1.82, 2.24) is 14.4 Å². The van der Waals surface area contributed by atoms with Crippen LogP contribution in [0.15, 0.2) is 53.3 Å². The van der Waals surface area contributed by atoms with E-state index in [1.807, 2.05) is 41.4 Å². The fourth-order valence-corrected chi connectivity index (χ4v) is 3.58. The maximum Gasteiger partial charge on any atom is 0.256 e. The molecule has 0 bridgehead atoms. The number of nitrogens with zero attached hydrogens (tertiary/aromatic N) is 3. The predicted molar refractivity (Wildman–Crippen MR) is 97.5 cm³/mol. The molecule has 4 rings (SSSR count). The van der Waals surface area contributed by atoms with Gasteiger partial charge in [-0.15, -0.1) is 0 Å². The molecule has 0 saturated carbocycles. The van der Waals surface area contributed by atoms with Crippen LogP contribution in [0.4, 0.5) is 0 Å². The topological polar surface area (TPSA) is 41.6 Å². The highest BCUT2D eigenvalue weighted by Crippen LogP contribution is 2.23. The average molecular weight is 337 g/mol. The normalized spacial score (nSPS) is 15.8. The Morgan fingerprint density at radius 3 is 2.60 bits per heavy atom. The summed E-state index contributed by atoms with van der Waals surface area (Å²) in [5.74, 6) is 1.12. The van der Waals surface area contributed by atoms with Crippen molar-refractivity contribution in [2.75, 3.05) is 26.2 Å². The first-order chi connectivity index (χ1) is 12.3. The summed E-state index contributed by atoms with van der Waals surface area (Å²) in [7, 11) is 0. The number of carbonyl (C=O) groups excluding carboxylic acids is 1. The molecule has 3 aromatic rings. The van der Waals surface area contributed by atoms with Crippen LogP contribution in [-0.4, -0.2) is 46.5 Å². The van der Waals surface area contributed by atoms with Gasteiger partial charge in [0.15, 0.2) is 0 Å². The number of aryl methyl sites for hydroxylation is 1. The molecule has 25 heavy (non-hydrogen) atoms. The lowest BCUT2D eigenvalue weighted by atomic mass is 10.1. The average Bonchev–Trinajstić information content (AvgIpc) is 3.29. The third-order valence-corrected chi connectivity index (χ3v) is 4.98. The SMILES string of the molecule is CCn1cc(C(=O)N2CCN(Cc3ccco3)CC2)c2ccccc21. The fourth-order valence-electron chi connectivity index (χ4n) is 3.58. The van der Waals surface area contributed by atoms with Gasteiger partial charge in [0.2, 0.25) is 0 Å². The van der Waals surface area contributed by atoms with Gasteiger partial charge < -0.3 is 13.9 Å². The minimum Gasteiger partial charge on any atom is -0.468 e. The quantitative estimate of drug-likeness (QED) is 0.734. The van der Waals surface area contributed by atoms with E-state index in [-0.39, 0.29) is 5.91 Å². The van der Waals surface area contributed by atoms with Crippen LogP contribution in [0, 0.1) is 0 Å². The van der Waals surface area contributed by atoms with E-state index >= 15 is 0 Å². The Hall–Kier alpha value is -2.53. The summed E-state index contributed by atoms with van der Waals surface area (Å²) < 4.78 is 7.57. The highest BCUT2D eigenvalue weighted by Gasteiger charge is 2.25. The number of para-hydroxylation sites is 1. The lowest BCUT2D eigenvalue weighted by Gasteiger charge is -2.34. The third kappa shape index (κ3) is 3.07. The van der Waals surface area contributed by atoms with Crippen LogP contribution >= 0.6 is 0 Å². The fraction of sp³-hybridized carbons (Fsp3) is 0.350. The smallest absolute Gasteiger partial charge is 0.256 e. The molecule has 1 saturated heterocycles. The number of fused-ring (bicyclic) bond motifs is 1. The molecule has 1 fully saturated rings. The van der Waals surface area contributed by atoms with Gasteiger partial charge >= 0.3 is 0 Å². The van der Waals surface area contributed by atoms with Crippen LogP contribution < -0.4 is 0 Å². The van der Waals surface area contributed by atoms with Gasteiger partial charge in [-0.3, -0.25) is 9.69 Å². The van der Waals surface area contributed by atoms with E-state index in [0.717, 1.165) is 61.5 Å². The molecule has 1 aromatic carbocycles. The van der Waals surface area contributed by atoms with Crippen LogP contribution in [0.1, 0.15) is 23.0 Å². The molecular formula is C20H23N3O2. The summed E-state index contributed by atoms with van der Waals surface area (Å²) in [6, 6.07) is 12.1. The molecule has 5 nitrogen and oxygen atoms in total. The van der Waals surface area contributed by atoms with Gasteiger partial charge in [0.1, 0.15) is 5.76 Å². The van der Waals surface area contributed by atoms with Gasteiger partial charge in [0, 0.05) is 49.8 Å². The minimum absolute atomic E-state index is 0.140. The summed E-state index contributed by atoms with van der Waals surface area (Å²) in [6.45, 7) is 7.04.